The standard InChI is InChI=1S/C24H24Cl2N4O3/c1-2-30-19-14-29(11-10-20(31)27-13-15-6-4-3-5-7-15)23(32)21(19)22(28-24(30)33)17-9-8-16(25)12-18(17)26/h3-9,12,22H,2,10-11,13-14H2,1H3,(H,27,31)(H,28,33). The molecule has 2 N–H and O–H groups in total. The van der Waals surface area contributed by atoms with Gasteiger partial charge < -0.3 is 15.5 Å². The van der Waals surface area contributed by atoms with Crippen LogP contribution in [0.2, 0.25) is 10.0 Å². The third-order valence-corrected chi connectivity index (χ3v) is 6.39. The molecule has 0 fully saturated rings. The molecular formula is C24H24Cl2N4O3. The molecule has 33 heavy (non-hydrogen) atoms. The van der Waals surface area contributed by atoms with Crippen molar-refractivity contribution in [3.63, 3.8) is 0 Å². The molecule has 2 aromatic rings. The van der Waals surface area contributed by atoms with Crippen LogP contribution in [-0.4, -0.2) is 47.3 Å². The summed E-state index contributed by atoms with van der Waals surface area (Å²) in [6, 6.07) is 13.6. The number of rotatable bonds is 7. The largest absolute Gasteiger partial charge is 0.352 e. The Hall–Kier alpha value is -3.03. The van der Waals surface area contributed by atoms with Crippen molar-refractivity contribution in [3.8, 4) is 0 Å². The Kier molecular flexibility index (Phi) is 6.91. The number of carbonyl (C=O) groups excluding carboxylic acids is 3. The number of amides is 4. The van der Waals surface area contributed by atoms with E-state index in [9.17, 15) is 14.4 Å². The van der Waals surface area contributed by atoms with E-state index in [2.05, 4.69) is 10.6 Å². The van der Waals surface area contributed by atoms with Crippen LogP contribution < -0.4 is 10.6 Å². The van der Waals surface area contributed by atoms with E-state index in [0.717, 1.165) is 5.56 Å². The third-order valence-electron chi connectivity index (χ3n) is 5.83. The van der Waals surface area contributed by atoms with Crippen LogP contribution in [0.5, 0.6) is 0 Å². The fourth-order valence-corrected chi connectivity index (χ4v) is 4.67. The van der Waals surface area contributed by atoms with Crippen LogP contribution in [-0.2, 0) is 16.1 Å². The second-order valence-electron chi connectivity index (χ2n) is 7.89. The Bertz CT molecular complexity index is 1120. The van der Waals surface area contributed by atoms with Crippen LogP contribution in [0.4, 0.5) is 4.79 Å². The van der Waals surface area contributed by atoms with Crippen molar-refractivity contribution in [2.24, 2.45) is 0 Å². The van der Waals surface area contributed by atoms with E-state index >= 15 is 0 Å². The van der Waals surface area contributed by atoms with Gasteiger partial charge in [-0.3, -0.25) is 14.5 Å². The first-order valence-electron chi connectivity index (χ1n) is 10.7. The molecule has 172 valence electrons. The van der Waals surface area contributed by atoms with E-state index in [4.69, 9.17) is 23.2 Å². The number of benzene rings is 2. The topological polar surface area (TPSA) is 81.8 Å². The molecule has 2 aliphatic rings. The molecule has 0 saturated heterocycles. The molecule has 2 aliphatic heterocycles. The summed E-state index contributed by atoms with van der Waals surface area (Å²) in [6.45, 7) is 3.22. The second kappa shape index (κ2) is 9.85. The van der Waals surface area contributed by atoms with E-state index in [1.807, 2.05) is 37.3 Å². The van der Waals surface area contributed by atoms with Crippen LogP contribution in [0.1, 0.15) is 30.5 Å². The third kappa shape index (κ3) is 4.84. The van der Waals surface area contributed by atoms with Crippen LogP contribution in [0.15, 0.2) is 59.8 Å². The van der Waals surface area contributed by atoms with Gasteiger partial charge in [0.1, 0.15) is 0 Å². The predicted molar refractivity (Wildman–Crippen MR) is 127 cm³/mol. The van der Waals surface area contributed by atoms with Gasteiger partial charge in [-0.1, -0.05) is 59.6 Å². The molecule has 0 bridgehead atoms. The van der Waals surface area contributed by atoms with E-state index in [1.54, 1.807) is 28.0 Å². The first-order chi connectivity index (χ1) is 15.9. The summed E-state index contributed by atoms with van der Waals surface area (Å²) < 4.78 is 0. The highest BCUT2D eigenvalue weighted by Crippen LogP contribution is 2.39. The van der Waals surface area contributed by atoms with Gasteiger partial charge >= 0.3 is 6.03 Å². The van der Waals surface area contributed by atoms with Gasteiger partial charge in [0.05, 0.1) is 23.9 Å². The lowest BCUT2D eigenvalue weighted by Crippen LogP contribution is -2.47. The van der Waals surface area contributed by atoms with Gasteiger partial charge in [-0.05, 0) is 30.2 Å². The number of halogens is 2. The molecule has 0 aliphatic carbocycles. The Balaban J connectivity index is 1.48. The maximum atomic E-state index is 13.4. The van der Waals surface area contributed by atoms with Crippen LogP contribution >= 0.6 is 23.2 Å². The number of urea groups is 1. The lowest BCUT2D eigenvalue weighted by Gasteiger charge is -2.33. The van der Waals surface area contributed by atoms with E-state index in [0.29, 0.717) is 40.0 Å². The maximum absolute atomic E-state index is 13.4. The normalized spacial score (nSPS) is 17.8. The molecule has 0 radical (unpaired) electrons. The Morgan fingerprint density at radius 2 is 1.91 bits per heavy atom. The summed E-state index contributed by atoms with van der Waals surface area (Å²) in [5.41, 5.74) is 2.73. The number of nitrogens with zero attached hydrogens (tertiary/aromatic N) is 2. The highest BCUT2D eigenvalue weighted by atomic mass is 35.5. The second-order valence-corrected chi connectivity index (χ2v) is 8.74. The Morgan fingerprint density at radius 3 is 2.61 bits per heavy atom. The molecule has 0 spiro atoms. The highest BCUT2D eigenvalue weighted by molar-refractivity contribution is 6.35. The SMILES string of the molecule is CCN1C(=O)NC(c2ccc(Cl)cc2Cl)C2=C1CN(CCC(=O)NCc1ccccc1)C2=O. The zero-order chi connectivity index (χ0) is 23.5. The monoisotopic (exact) mass is 486 g/mol. The number of hydrogen-bond donors (Lipinski definition) is 2. The fraction of sp³-hybridized carbons (Fsp3) is 0.292. The average Bonchev–Trinajstić information content (AvgIpc) is 3.12. The zero-order valence-electron chi connectivity index (χ0n) is 18.1. The minimum Gasteiger partial charge on any atom is -0.352 e. The Morgan fingerprint density at radius 1 is 1.15 bits per heavy atom. The van der Waals surface area contributed by atoms with Gasteiger partial charge in [-0.2, -0.15) is 0 Å². The summed E-state index contributed by atoms with van der Waals surface area (Å²) in [7, 11) is 0. The van der Waals surface area contributed by atoms with Gasteiger partial charge in [-0.15, -0.1) is 0 Å². The molecule has 1 unspecified atom stereocenters. The molecule has 2 aromatic carbocycles. The number of carbonyl (C=O) groups is 3. The van der Waals surface area contributed by atoms with Crippen LogP contribution in [0.25, 0.3) is 0 Å². The van der Waals surface area contributed by atoms with Crippen molar-refractivity contribution in [1.29, 1.82) is 0 Å². The van der Waals surface area contributed by atoms with Gasteiger partial charge in [0.2, 0.25) is 5.91 Å². The molecule has 2 heterocycles. The molecule has 0 aromatic heterocycles. The Labute approximate surface area is 202 Å². The molecule has 4 rings (SSSR count). The highest BCUT2D eigenvalue weighted by Gasteiger charge is 2.44. The zero-order valence-corrected chi connectivity index (χ0v) is 19.6. The quantitative estimate of drug-likeness (QED) is 0.622. The molecule has 7 nitrogen and oxygen atoms in total. The number of nitrogens with one attached hydrogen (secondary N) is 2. The molecule has 4 amide bonds. The molecule has 1 atom stereocenters. The summed E-state index contributed by atoms with van der Waals surface area (Å²) in [5.74, 6) is -0.356. The van der Waals surface area contributed by atoms with Crippen molar-refractivity contribution in [3.05, 3.63) is 81.0 Å². The molecule has 9 heteroatoms. The number of likely N-dealkylation sites (N-methyl/N-ethyl adjacent to an activating group) is 1. The van der Waals surface area contributed by atoms with Gasteiger partial charge in [0, 0.05) is 36.1 Å². The number of hydrogen-bond acceptors (Lipinski definition) is 3. The first kappa shape index (κ1) is 23.1. The van der Waals surface area contributed by atoms with Crippen molar-refractivity contribution in [1.82, 2.24) is 20.4 Å². The van der Waals surface area contributed by atoms with Crippen molar-refractivity contribution in [2.75, 3.05) is 19.6 Å². The van der Waals surface area contributed by atoms with Gasteiger partial charge in [0.25, 0.3) is 5.91 Å². The summed E-state index contributed by atoms with van der Waals surface area (Å²) >= 11 is 12.4. The fourth-order valence-electron chi connectivity index (χ4n) is 4.15. The van der Waals surface area contributed by atoms with Crippen molar-refractivity contribution < 1.29 is 14.4 Å². The first-order valence-corrected chi connectivity index (χ1v) is 11.5. The van der Waals surface area contributed by atoms with Gasteiger partial charge in [-0.25, -0.2) is 4.79 Å². The van der Waals surface area contributed by atoms with Crippen molar-refractivity contribution in [2.45, 2.75) is 25.9 Å². The molecular weight excluding hydrogens is 463 g/mol. The maximum Gasteiger partial charge on any atom is 0.322 e. The van der Waals surface area contributed by atoms with Crippen LogP contribution in [0.3, 0.4) is 0 Å². The molecule has 0 saturated carbocycles. The van der Waals surface area contributed by atoms with Crippen molar-refractivity contribution >= 4 is 41.0 Å². The van der Waals surface area contributed by atoms with E-state index < -0.39 is 6.04 Å². The average molecular weight is 487 g/mol. The minimum atomic E-state index is -0.676. The lowest BCUT2D eigenvalue weighted by atomic mass is 9.95. The summed E-state index contributed by atoms with van der Waals surface area (Å²) in [4.78, 5) is 41.6. The van der Waals surface area contributed by atoms with E-state index in [1.165, 1.54) is 0 Å². The lowest BCUT2D eigenvalue weighted by molar-refractivity contribution is -0.127. The van der Waals surface area contributed by atoms with E-state index in [-0.39, 0.29) is 37.4 Å². The summed E-state index contributed by atoms with van der Waals surface area (Å²) in [5, 5.41) is 6.61. The summed E-state index contributed by atoms with van der Waals surface area (Å²) in [6.07, 6.45) is 0.166. The smallest absolute Gasteiger partial charge is 0.322 e. The van der Waals surface area contributed by atoms with Crippen LogP contribution in [0, 0.1) is 0 Å². The minimum absolute atomic E-state index is 0.143. The predicted octanol–water partition coefficient (Wildman–Crippen LogP) is 3.88. The van der Waals surface area contributed by atoms with Gasteiger partial charge in [0.15, 0.2) is 0 Å².